The van der Waals surface area contributed by atoms with E-state index in [4.69, 9.17) is 10.8 Å². The summed E-state index contributed by atoms with van der Waals surface area (Å²) in [5.74, 6) is -0.439. The quantitative estimate of drug-likeness (QED) is 0.477. The van der Waals surface area contributed by atoms with Crippen molar-refractivity contribution in [3.63, 3.8) is 0 Å². The topological polar surface area (TPSA) is 104 Å². The smallest absolute Gasteiger partial charge is 0.318 e. The van der Waals surface area contributed by atoms with E-state index in [0.29, 0.717) is 6.54 Å². The molecule has 0 rings (SSSR count). The minimum Gasteiger partial charge on any atom is -0.396 e. The molecule has 0 aliphatic heterocycles. The molecule has 3 amide bonds. The Bertz CT molecular complexity index is 241. The van der Waals surface area contributed by atoms with Gasteiger partial charge in [-0.1, -0.05) is 13.8 Å². The Hall–Kier alpha value is -1.14. The number of imide groups is 1. The maximum absolute atomic E-state index is 11.0. The van der Waals surface area contributed by atoms with Crippen LogP contribution in [0, 0.1) is 5.41 Å². The second-order valence-corrected chi connectivity index (χ2v) is 4.51. The molecule has 0 heterocycles. The molecule has 0 aromatic carbocycles. The van der Waals surface area contributed by atoms with Crippen molar-refractivity contribution in [3.05, 3.63) is 0 Å². The number of amides is 3. The van der Waals surface area contributed by atoms with Gasteiger partial charge in [-0.15, -0.1) is 0 Å². The zero-order valence-electron chi connectivity index (χ0n) is 9.88. The van der Waals surface area contributed by atoms with Crippen LogP contribution in [0.2, 0.25) is 0 Å². The van der Waals surface area contributed by atoms with E-state index in [1.54, 1.807) is 0 Å². The maximum Gasteiger partial charge on any atom is 0.318 e. The highest BCUT2D eigenvalue weighted by Crippen LogP contribution is 2.20. The number of hydrogen-bond donors (Lipinski definition) is 4. The van der Waals surface area contributed by atoms with Crippen LogP contribution in [0.1, 0.15) is 26.7 Å². The largest absolute Gasteiger partial charge is 0.396 e. The lowest BCUT2D eigenvalue weighted by Crippen LogP contribution is -2.42. The van der Waals surface area contributed by atoms with Crippen LogP contribution in [0.3, 0.4) is 0 Å². The number of carbonyl (C=O) groups is 2. The van der Waals surface area contributed by atoms with Crippen LogP contribution in [-0.4, -0.2) is 36.7 Å². The summed E-state index contributed by atoms with van der Waals surface area (Å²) in [4.78, 5) is 21.4. The Morgan fingerprint density at radius 1 is 1.38 bits per heavy atom. The van der Waals surface area contributed by atoms with Gasteiger partial charge in [-0.25, -0.2) is 4.79 Å². The van der Waals surface area contributed by atoms with Crippen LogP contribution in [0.25, 0.3) is 0 Å². The van der Waals surface area contributed by atoms with Crippen molar-refractivity contribution in [2.75, 3.05) is 19.7 Å². The van der Waals surface area contributed by atoms with Crippen molar-refractivity contribution < 1.29 is 14.7 Å². The van der Waals surface area contributed by atoms with Gasteiger partial charge in [0.2, 0.25) is 5.91 Å². The molecule has 94 valence electrons. The van der Waals surface area contributed by atoms with Crippen LogP contribution < -0.4 is 16.4 Å². The zero-order valence-corrected chi connectivity index (χ0v) is 9.88. The standard InChI is InChI=1S/C10H21N3O3/c1-10(2,4-3-5-14)7-12-6-8(15)13-9(11)16/h12,14H,3-7H2,1-2H3,(H3,11,13,15,16). The predicted molar refractivity (Wildman–Crippen MR) is 60.7 cm³/mol. The molecular weight excluding hydrogens is 210 g/mol. The van der Waals surface area contributed by atoms with Crippen molar-refractivity contribution in [1.29, 1.82) is 0 Å². The minimum atomic E-state index is -0.841. The highest BCUT2D eigenvalue weighted by Gasteiger charge is 2.17. The first-order chi connectivity index (χ1) is 7.37. The Labute approximate surface area is 95.6 Å². The van der Waals surface area contributed by atoms with Crippen molar-refractivity contribution in [2.45, 2.75) is 26.7 Å². The average Bonchev–Trinajstić information content (AvgIpc) is 2.13. The van der Waals surface area contributed by atoms with E-state index < -0.39 is 11.9 Å². The lowest BCUT2D eigenvalue weighted by molar-refractivity contribution is -0.119. The number of nitrogens with one attached hydrogen (secondary N) is 2. The molecule has 5 N–H and O–H groups in total. The van der Waals surface area contributed by atoms with E-state index in [-0.39, 0.29) is 18.6 Å². The second kappa shape index (κ2) is 7.19. The SMILES string of the molecule is CC(C)(CCCO)CNCC(=O)NC(N)=O. The van der Waals surface area contributed by atoms with Crippen LogP contribution in [0.15, 0.2) is 0 Å². The summed E-state index contributed by atoms with van der Waals surface area (Å²) in [6.07, 6.45) is 1.61. The van der Waals surface area contributed by atoms with Crippen molar-refractivity contribution in [3.8, 4) is 0 Å². The summed E-state index contributed by atoms with van der Waals surface area (Å²) in [6.45, 7) is 4.96. The molecule has 0 saturated heterocycles. The van der Waals surface area contributed by atoms with Gasteiger partial charge in [0, 0.05) is 13.2 Å². The highest BCUT2D eigenvalue weighted by molar-refractivity contribution is 5.94. The molecule has 0 aromatic rings. The van der Waals surface area contributed by atoms with Crippen LogP contribution in [0.4, 0.5) is 4.79 Å². The molecule has 6 heteroatoms. The van der Waals surface area contributed by atoms with E-state index in [1.807, 2.05) is 19.2 Å². The summed E-state index contributed by atoms with van der Waals surface area (Å²) >= 11 is 0. The zero-order chi connectivity index (χ0) is 12.6. The normalized spacial score (nSPS) is 11.2. The molecule has 0 unspecified atom stereocenters. The second-order valence-electron chi connectivity index (χ2n) is 4.51. The monoisotopic (exact) mass is 231 g/mol. The molecule has 6 nitrogen and oxygen atoms in total. The Morgan fingerprint density at radius 3 is 2.50 bits per heavy atom. The molecule has 0 spiro atoms. The van der Waals surface area contributed by atoms with E-state index in [0.717, 1.165) is 12.8 Å². The number of aliphatic hydroxyl groups excluding tert-OH is 1. The number of primary amides is 1. The molecule has 0 radical (unpaired) electrons. The number of aliphatic hydroxyl groups is 1. The fraction of sp³-hybridized carbons (Fsp3) is 0.800. The van der Waals surface area contributed by atoms with E-state index in [2.05, 4.69) is 5.32 Å². The molecule has 16 heavy (non-hydrogen) atoms. The van der Waals surface area contributed by atoms with Gasteiger partial charge in [-0.3, -0.25) is 10.1 Å². The molecule has 0 fully saturated rings. The first-order valence-electron chi connectivity index (χ1n) is 5.28. The third-order valence-corrected chi connectivity index (χ3v) is 2.16. The average molecular weight is 231 g/mol. The summed E-state index contributed by atoms with van der Waals surface area (Å²) in [5, 5.41) is 13.6. The van der Waals surface area contributed by atoms with Crippen LogP contribution in [0.5, 0.6) is 0 Å². The molecule has 0 aliphatic rings. The van der Waals surface area contributed by atoms with Crippen LogP contribution >= 0.6 is 0 Å². The van der Waals surface area contributed by atoms with E-state index in [9.17, 15) is 9.59 Å². The number of hydrogen-bond acceptors (Lipinski definition) is 4. The molecule has 0 aliphatic carbocycles. The van der Waals surface area contributed by atoms with Crippen molar-refractivity contribution >= 4 is 11.9 Å². The van der Waals surface area contributed by atoms with Gasteiger partial charge >= 0.3 is 6.03 Å². The first kappa shape index (κ1) is 14.9. The number of nitrogens with two attached hydrogens (primary N) is 1. The van der Waals surface area contributed by atoms with Gasteiger partial charge in [-0.2, -0.15) is 0 Å². The van der Waals surface area contributed by atoms with Crippen molar-refractivity contribution in [1.82, 2.24) is 10.6 Å². The summed E-state index contributed by atoms with van der Waals surface area (Å²) in [7, 11) is 0. The summed E-state index contributed by atoms with van der Waals surface area (Å²) < 4.78 is 0. The first-order valence-corrected chi connectivity index (χ1v) is 5.28. The Balaban J connectivity index is 3.71. The third-order valence-electron chi connectivity index (χ3n) is 2.16. The highest BCUT2D eigenvalue weighted by atomic mass is 16.3. The van der Waals surface area contributed by atoms with Gasteiger partial charge in [0.15, 0.2) is 0 Å². The Morgan fingerprint density at radius 2 is 2.00 bits per heavy atom. The third kappa shape index (κ3) is 8.19. The van der Waals surface area contributed by atoms with Gasteiger partial charge in [0.1, 0.15) is 0 Å². The molecule has 0 atom stereocenters. The van der Waals surface area contributed by atoms with Crippen molar-refractivity contribution in [2.24, 2.45) is 11.1 Å². The van der Waals surface area contributed by atoms with Gasteiger partial charge < -0.3 is 16.2 Å². The molecular formula is C10H21N3O3. The lowest BCUT2D eigenvalue weighted by Gasteiger charge is -2.24. The summed E-state index contributed by atoms with van der Waals surface area (Å²) in [6, 6.07) is -0.841. The number of rotatable bonds is 7. The number of carbonyl (C=O) groups excluding carboxylic acids is 2. The van der Waals surface area contributed by atoms with Gasteiger partial charge in [-0.05, 0) is 18.3 Å². The van der Waals surface area contributed by atoms with Crippen LogP contribution in [-0.2, 0) is 4.79 Å². The Kier molecular flexibility index (Phi) is 6.67. The number of urea groups is 1. The maximum atomic E-state index is 11.0. The minimum absolute atomic E-state index is 0.00966. The fourth-order valence-corrected chi connectivity index (χ4v) is 1.34. The fourth-order valence-electron chi connectivity index (χ4n) is 1.34. The lowest BCUT2D eigenvalue weighted by atomic mass is 9.88. The molecule has 0 aromatic heterocycles. The van der Waals surface area contributed by atoms with E-state index >= 15 is 0 Å². The molecule has 0 saturated carbocycles. The van der Waals surface area contributed by atoms with E-state index in [1.165, 1.54) is 0 Å². The predicted octanol–water partition coefficient (Wildman–Crippen LogP) is -0.430. The van der Waals surface area contributed by atoms with Gasteiger partial charge in [0.25, 0.3) is 0 Å². The molecule has 0 bridgehead atoms. The van der Waals surface area contributed by atoms with Gasteiger partial charge in [0.05, 0.1) is 6.54 Å². The summed E-state index contributed by atoms with van der Waals surface area (Å²) in [5.41, 5.74) is 4.80.